The van der Waals surface area contributed by atoms with Crippen molar-refractivity contribution >= 4 is 0 Å². The number of fused-ring (bicyclic) bond motifs is 2. The Morgan fingerprint density at radius 3 is 2.55 bits per heavy atom. The van der Waals surface area contributed by atoms with Crippen molar-refractivity contribution in [1.82, 2.24) is 0 Å². The van der Waals surface area contributed by atoms with E-state index in [1.807, 2.05) is 0 Å². The molecule has 20 heavy (non-hydrogen) atoms. The quantitative estimate of drug-likeness (QED) is 0.523. The van der Waals surface area contributed by atoms with E-state index in [2.05, 4.69) is 36.5 Å². The van der Waals surface area contributed by atoms with Crippen LogP contribution in [0.25, 0.3) is 0 Å². The molecule has 0 saturated heterocycles. The highest BCUT2D eigenvalue weighted by atomic mass is 14.3. The number of hydrogen-bond acceptors (Lipinski definition) is 0. The Labute approximate surface area is 122 Å². The largest absolute Gasteiger partial charge is 0.0763 e. The molecule has 0 saturated carbocycles. The Morgan fingerprint density at radius 1 is 0.750 bits per heavy atom. The molecular weight excluding hydrogens is 240 g/mol. The molecule has 0 amide bonds. The summed E-state index contributed by atoms with van der Waals surface area (Å²) in [6, 6.07) is 0. The summed E-state index contributed by atoms with van der Waals surface area (Å²) in [6.45, 7) is 0. The Bertz CT molecular complexity index is 614. The van der Waals surface area contributed by atoms with Gasteiger partial charge >= 0.3 is 0 Å². The Kier molecular flexibility index (Phi) is 3.10. The topological polar surface area (TPSA) is 0 Å². The maximum Gasteiger partial charge on any atom is -0.00768 e. The molecule has 0 aromatic rings. The Balaban J connectivity index is 1.94. The fourth-order valence-electron chi connectivity index (χ4n) is 4.09. The molecule has 102 valence electrons. The van der Waals surface area contributed by atoms with E-state index in [4.69, 9.17) is 0 Å². The summed E-state index contributed by atoms with van der Waals surface area (Å²) >= 11 is 0. The van der Waals surface area contributed by atoms with Gasteiger partial charge in [0.05, 0.1) is 0 Å². The Hall–Kier alpha value is -1.56. The van der Waals surface area contributed by atoms with E-state index < -0.39 is 0 Å². The van der Waals surface area contributed by atoms with Crippen LogP contribution in [0.4, 0.5) is 0 Å². The molecule has 4 aliphatic rings. The molecule has 0 fully saturated rings. The lowest BCUT2D eigenvalue weighted by Gasteiger charge is -2.18. The third kappa shape index (κ3) is 1.90. The molecule has 0 radical (unpaired) electrons. The molecule has 0 N–H and O–H groups in total. The minimum Gasteiger partial charge on any atom is -0.0763 e. The second kappa shape index (κ2) is 5.09. The van der Waals surface area contributed by atoms with E-state index in [0.717, 1.165) is 0 Å². The molecule has 0 aromatic carbocycles. The molecule has 0 aliphatic heterocycles. The van der Waals surface area contributed by atoms with E-state index >= 15 is 0 Å². The molecule has 0 aromatic heterocycles. The molecular formula is C20H22. The third-order valence-corrected chi connectivity index (χ3v) is 5.01. The van der Waals surface area contributed by atoms with Gasteiger partial charge in [-0.3, -0.25) is 0 Å². The zero-order valence-electron chi connectivity index (χ0n) is 12.1. The summed E-state index contributed by atoms with van der Waals surface area (Å²) < 4.78 is 0. The van der Waals surface area contributed by atoms with E-state index in [0.29, 0.717) is 0 Å². The summed E-state index contributed by atoms with van der Waals surface area (Å²) in [5, 5.41) is 0. The minimum absolute atomic E-state index is 1.24. The summed E-state index contributed by atoms with van der Waals surface area (Å²) in [6.07, 6.45) is 24.4. The lowest BCUT2D eigenvalue weighted by Crippen LogP contribution is -2.00. The maximum absolute atomic E-state index is 2.54. The van der Waals surface area contributed by atoms with Crippen molar-refractivity contribution in [3.8, 4) is 0 Å². The number of rotatable bonds is 0. The molecule has 4 aliphatic carbocycles. The van der Waals surface area contributed by atoms with Gasteiger partial charge in [-0.25, -0.2) is 0 Å². The van der Waals surface area contributed by atoms with Crippen molar-refractivity contribution in [3.05, 3.63) is 69.9 Å². The Morgan fingerprint density at radius 2 is 1.60 bits per heavy atom. The SMILES string of the molecule is C1=C\C=C2\CCCC/C=C3/C4=C(CCCC4)C(=C23)\C=C/1. The van der Waals surface area contributed by atoms with Crippen LogP contribution in [0.5, 0.6) is 0 Å². The van der Waals surface area contributed by atoms with Crippen LogP contribution in [0.2, 0.25) is 0 Å². The van der Waals surface area contributed by atoms with Crippen molar-refractivity contribution in [3.63, 3.8) is 0 Å². The van der Waals surface area contributed by atoms with Gasteiger partial charge in [0.2, 0.25) is 0 Å². The average Bonchev–Trinajstić information content (AvgIpc) is 2.72. The predicted octanol–water partition coefficient (Wildman–Crippen LogP) is 5.72. The van der Waals surface area contributed by atoms with Crippen molar-refractivity contribution < 1.29 is 0 Å². The number of hydrogen-bond donors (Lipinski definition) is 0. The first kappa shape index (κ1) is 12.2. The second-order valence-electron chi connectivity index (χ2n) is 6.25. The molecule has 4 rings (SSSR count). The maximum atomic E-state index is 2.54. The summed E-state index contributed by atoms with van der Waals surface area (Å²) in [4.78, 5) is 0. The lowest BCUT2D eigenvalue weighted by atomic mass is 9.86. The highest BCUT2D eigenvalue weighted by molar-refractivity contribution is 5.73. The van der Waals surface area contributed by atoms with Gasteiger partial charge in [-0.1, -0.05) is 36.5 Å². The van der Waals surface area contributed by atoms with E-state index in [9.17, 15) is 0 Å². The lowest BCUT2D eigenvalue weighted by molar-refractivity contribution is 0.689. The van der Waals surface area contributed by atoms with E-state index in [1.165, 1.54) is 51.4 Å². The van der Waals surface area contributed by atoms with Crippen molar-refractivity contribution in [2.75, 3.05) is 0 Å². The smallest absolute Gasteiger partial charge is 0.00768 e. The van der Waals surface area contributed by atoms with Crippen LogP contribution in [0.15, 0.2) is 69.9 Å². The minimum atomic E-state index is 1.24. The highest BCUT2D eigenvalue weighted by Gasteiger charge is 2.31. The number of allylic oxidation sites excluding steroid dienone is 12. The van der Waals surface area contributed by atoms with Crippen LogP contribution in [0.3, 0.4) is 0 Å². The summed E-state index contributed by atoms with van der Waals surface area (Å²) in [5.41, 5.74) is 9.64. The highest BCUT2D eigenvalue weighted by Crippen LogP contribution is 2.49. The van der Waals surface area contributed by atoms with Crippen molar-refractivity contribution in [2.45, 2.75) is 51.4 Å². The van der Waals surface area contributed by atoms with Gasteiger partial charge in [-0.15, -0.1) is 0 Å². The molecule has 0 heteroatoms. The first-order valence-electron chi connectivity index (χ1n) is 8.17. The summed E-state index contributed by atoms with van der Waals surface area (Å²) in [5.74, 6) is 0. The fourth-order valence-corrected chi connectivity index (χ4v) is 4.09. The van der Waals surface area contributed by atoms with Crippen LogP contribution < -0.4 is 0 Å². The predicted molar refractivity (Wildman–Crippen MR) is 85.4 cm³/mol. The van der Waals surface area contributed by atoms with Gasteiger partial charge < -0.3 is 0 Å². The van der Waals surface area contributed by atoms with Gasteiger partial charge in [0.1, 0.15) is 0 Å². The standard InChI is InChI=1S/C20H22/c1-3-9-15-10-4-2-6-14-19-17-12-8-7-11-16(17)18(13-5-1)20(15)19/h1,3,5,9,13-14H,2,4,6-8,10-12H2/b3-1-,5-1?,9-3?,13-5-,15-9-,18-13?,19-14-,20-15?. The first-order valence-corrected chi connectivity index (χ1v) is 8.17. The molecule has 0 unspecified atom stereocenters. The van der Waals surface area contributed by atoms with Gasteiger partial charge in [0.15, 0.2) is 0 Å². The van der Waals surface area contributed by atoms with Gasteiger partial charge in [-0.05, 0) is 84.8 Å². The average molecular weight is 262 g/mol. The zero-order valence-corrected chi connectivity index (χ0v) is 12.1. The summed E-state index contributed by atoms with van der Waals surface area (Å²) in [7, 11) is 0. The molecule has 0 bridgehead atoms. The molecule has 0 spiro atoms. The van der Waals surface area contributed by atoms with E-state index in [1.54, 1.807) is 33.4 Å². The molecule has 0 heterocycles. The van der Waals surface area contributed by atoms with Crippen molar-refractivity contribution in [2.24, 2.45) is 0 Å². The normalized spacial score (nSPS) is 33.6. The van der Waals surface area contributed by atoms with Crippen LogP contribution in [-0.2, 0) is 0 Å². The third-order valence-electron chi connectivity index (χ3n) is 5.01. The van der Waals surface area contributed by atoms with Crippen LogP contribution in [0.1, 0.15) is 51.4 Å². The monoisotopic (exact) mass is 262 g/mol. The van der Waals surface area contributed by atoms with Gasteiger partial charge in [0.25, 0.3) is 0 Å². The first-order chi connectivity index (χ1) is 9.95. The molecule has 0 atom stereocenters. The van der Waals surface area contributed by atoms with Crippen molar-refractivity contribution in [1.29, 1.82) is 0 Å². The fraction of sp³-hybridized carbons (Fsp3) is 0.400. The van der Waals surface area contributed by atoms with E-state index in [-0.39, 0.29) is 0 Å². The van der Waals surface area contributed by atoms with Crippen LogP contribution in [0, 0.1) is 0 Å². The second-order valence-corrected chi connectivity index (χ2v) is 6.25. The molecule has 0 nitrogen and oxygen atoms in total. The van der Waals surface area contributed by atoms with Crippen LogP contribution >= 0.6 is 0 Å². The van der Waals surface area contributed by atoms with Gasteiger partial charge in [0, 0.05) is 0 Å². The van der Waals surface area contributed by atoms with Crippen LogP contribution in [-0.4, -0.2) is 0 Å². The van der Waals surface area contributed by atoms with Gasteiger partial charge in [-0.2, -0.15) is 0 Å². The zero-order chi connectivity index (χ0) is 13.4.